The third-order valence-electron chi connectivity index (χ3n) is 2.75. The van der Waals surface area contributed by atoms with Crippen molar-refractivity contribution < 1.29 is 27.8 Å². The number of hydrogen-bond acceptors (Lipinski definition) is 3. The summed E-state index contributed by atoms with van der Waals surface area (Å²) in [6.45, 7) is 0.767. The number of rotatable bonds is 2. The van der Waals surface area contributed by atoms with E-state index in [2.05, 4.69) is 4.98 Å². The fourth-order valence-corrected chi connectivity index (χ4v) is 1.85. The van der Waals surface area contributed by atoms with Crippen molar-refractivity contribution in [3.8, 4) is 0 Å². The number of halogens is 3. The zero-order valence-electron chi connectivity index (χ0n) is 9.80. The van der Waals surface area contributed by atoms with Gasteiger partial charge >= 0.3 is 12.3 Å². The number of carbonyl (C=O) groups is 1. The maximum Gasteiger partial charge on any atom is 0.434 e. The minimum absolute atomic E-state index is 0.132. The monoisotopic (exact) mass is 279 g/mol. The molecule has 9 heteroatoms. The van der Waals surface area contributed by atoms with Crippen LogP contribution < -0.4 is 0 Å². The highest BCUT2D eigenvalue weighted by Crippen LogP contribution is 2.27. The van der Waals surface area contributed by atoms with Crippen LogP contribution >= 0.6 is 0 Å². The van der Waals surface area contributed by atoms with Crippen LogP contribution in [0.2, 0.25) is 0 Å². The van der Waals surface area contributed by atoms with Gasteiger partial charge in [0.15, 0.2) is 5.69 Å². The Kier molecular flexibility index (Phi) is 3.65. The fourth-order valence-electron chi connectivity index (χ4n) is 1.85. The molecule has 2 rings (SSSR count). The first-order valence-corrected chi connectivity index (χ1v) is 5.54. The van der Waals surface area contributed by atoms with Crippen LogP contribution in [0.4, 0.5) is 18.0 Å². The number of nitrogens with zero attached hydrogens (tertiary/aromatic N) is 3. The Hall–Kier alpha value is -1.77. The normalized spacial score (nSPS) is 20.6. The molecule has 1 aliphatic heterocycles. The van der Waals surface area contributed by atoms with Gasteiger partial charge in [0.25, 0.3) is 0 Å². The molecular weight excluding hydrogens is 267 g/mol. The van der Waals surface area contributed by atoms with Crippen LogP contribution in [0.15, 0.2) is 12.5 Å². The Morgan fingerprint density at radius 1 is 1.58 bits per heavy atom. The topological polar surface area (TPSA) is 67.6 Å². The molecular formula is C10H12F3N3O3. The molecule has 0 unspecified atom stereocenters. The lowest BCUT2D eigenvalue weighted by Crippen LogP contribution is -2.46. The van der Waals surface area contributed by atoms with Crippen molar-refractivity contribution in [1.29, 1.82) is 0 Å². The Morgan fingerprint density at radius 3 is 2.89 bits per heavy atom. The lowest BCUT2D eigenvalue weighted by Gasteiger charge is -2.31. The highest BCUT2D eigenvalue weighted by Gasteiger charge is 2.33. The summed E-state index contributed by atoms with van der Waals surface area (Å²) in [4.78, 5) is 15.2. The fraction of sp³-hybridized carbons (Fsp3) is 0.600. The molecule has 1 aromatic rings. The van der Waals surface area contributed by atoms with Gasteiger partial charge in [-0.25, -0.2) is 9.78 Å². The second-order valence-electron chi connectivity index (χ2n) is 4.17. The van der Waals surface area contributed by atoms with Gasteiger partial charge in [-0.15, -0.1) is 0 Å². The van der Waals surface area contributed by atoms with Gasteiger partial charge in [0.05, 0.1) is 32.1 Å². The van der Waals surface area contributed by atoms with Crippen molar-refractivity contribution in [3.05, 3.63) is 18.2 Å². The number of imidazole rings is 1. The van der Waals surface area contributed by atoms with E-state index in [0.717, 1.165) is 12.5 Å². The van der Waals surface area contributed by atoms with E-state index in [-0.39, 0.29) is 26.2 Å². The van der Waals surface area contributed by atoms with Gasteiger partial charge in [-0.1, -0.05) is 0 Å². The smallest absolute Gasteiger partial charge is 0.434 e. The Labute approximate surface area is 106 Å². The zero-order valence-corrected chi connectivity index (χ0v) is 9.80. The lowest BCUT2D eigenvalue weighted by atomic mass is 10.3. The van der Waals surface area contributed by atoms with Crippen molar-refractivity contribution in [2.75, 3.05) is 19.7 Å². The maximum absolute atomic E-state index is 12.4. The molecule has 19 heavy (non-hydrogen) atoms. The predicted molar refractivity (Wildman–Crippen MR) is 56.6 cm³/mol. The molecule has 0 radical (unpaired) electrons. The highest BCUT2D eigenvalue weighted by molar-refractivity contribution is 5.65. The molecule has 0 saturated carbocycles. The van der Waals surface area contributed by atoms with Crippen molar-refractivity contribution in [1.82, 2.24) is 14.5 Å². The van der Waals surface area contributed by atoms with E-state index in [1.165, 1.54) is 9.47 Å². The Balaban J connectivity index is 1.97. The van der Waals surface area contributed by atoms with Gasteiger partial charge in [0.1, 0.15) is 0 Å². The second-order valence-corrected chi connectivity index (χ2v) is 4.17. The molecule has 6 nitrogen and oxygen atoms in total. The summed E-state index contributed by atoms with van der Waals surface area (Å²) in [6.07, 6.45) is -4.07. The van der Waals surface area contributed by atoms with E-state index in [1.807, 2.05) is 0 Å². The number of ether oxygens (including phenoxy) is 1. The molecule has 106 valence electrons. The molecule has 1 saturated heterocycles. The SMILES string of the molecule is O=C(O)N1CCO[C@H](Cn2cnc(C(F)(F)F)c2)C1. The summed E-state index contributed by atoms with van der Waals surface area (Å²) in [6, 6.07) is 0. The van der Waals surface area contributed by atoms with Crippen LogP contribution in [-0.4, -0.2) is 51.5 Å². The van der Waals surface area contributed by atoms with E-state index in [0.29, 0.717) is 0 Å². The van der Waals surface area contributed by atoms with Crippen LogP contribution in [0.25, 0.3) is 0 Å². The molecule has 1 amide bonds. The number of morpholine rings is 1. The largest absolute Gasteiger partial charge is 0.465 e. The van der Waals surface area contributed by atoms with Gasteiger partial charge in [0.2, 0.25) is 0 Å². The molecule has 1 fully saturated rings. The van der Waals surface area contributed by atoms with Crippen molar-refractivity contribution >= 4 is 6.09 Å². The van der Waals surface area contributed by atoms with Gasteiger partial charge in [-0.05, 0) is 0 Å². The quantitative estimate of drug-likeness (QED) is 0.885. The lowest BCUT2D eigenvalue weighted by molar-refractivity contribution is -0.141. The zero-order chi connectivity index (χ0) is 14.0. The highest BCUT2D eigenvalue weighted by atomic mass is 19.4. The predicted octanol–water partition coefficient (Wildman–Crippen LogP) is 1.28. The molecule has 0 spiro atoms. The average molecular weight is 279 g/mol. The van der Waals surface area contributed by atoms with E-state index < -0.39 is 24.1 Å². The Bertz CT molecular complexity index is 460. The first kappa shape index (κ1) is 13.7. The van der Waals surface area contributed by atoms with Gasteiger partial charge < -0.3 is 19.3 Å². The van der Waals surface area contributed by atoms with Crippen LogP contribution in [0.5, 0.6) is 0 Å². The summed E-state index contributed by atoms with van der Waals surface area (Å²) in [5.74, 6) is 0. The number of amides is 1. The summed E-state index contributed by atoms with van der Waals surface area (Å²) >= 11 is 0. The van der Waals surface area contributed by atoms with Crippen molar-refractivity contribution in [3.63, 3.8) is 0 Å². The molecule has 0 aliphatic carbocycles. The second kappa shape index (κ2) is 5.08. The Morgan fingerprint density at radius 2 is 2.32 bits per heavy atom. The summed E-state index contributed by atoms with van der Waals surface area (Å²) in [5, 5.41) is 8.84. The molecule has 2 heterocycles. The van der Waals surface area contributed by atoms with Crippen molar-refractivity contribution in [2.45, 2.75) is 18.8 Å². The number of alkyl halides is 3. The average Bonchev–Trinajstić information content (AvgIpc) is 2.77. The summed E-state index contributed by atoms with van der Waals surface area (Å²) < 4.78 is 43.6. The van der Waals surface area contributed by atoms with Gasteiger partial charge in [-0.2, -0.15) is 13.2 Å². The minimum Gasteiger partial charge on any atom is -0.465 e. The number of carboxylic acid groups (broad SMARTS) is 1. The summed E-state index contributed by atoms with van der Waals surface area (Å²) in [5.41, 5.74) is -0.974. The first-order chi connectivity index (χ1) is 8.86. The first-order valence-electron chi connectivity index (χ1n) is 5.54. The molecule has 0 aromatic carbocycles. The number of hydrogen-bond donors (Lipinski definition) is 1. The molecule has 1 aliphatic rings. The van der Waals surface area contributed by atoms with Gasteiger partial charge in [-0.3, -0.25) is 0 Å². The minimum atomic E-state index is -4.48. The van der Waals surface area contributed by atoms with Crippen LogP contribution in [0, 0.1) is 0 Å². The van der Waals surface area contributed by atoms with E-state index in [9.17, 15) is 18.0 Å². The third kappa shape index (κ3) is 3.37. The molecule has 1 aromatic heterocycles. The van der Waals surface area contributed by atoms with Crippen LogP contribution in [-0.2, 0) is 17.5 Å². The van der Waals surface area contributed by atoms with E-state index in [1.54, 1.807) is 0 Å². The van der Waals surface area contributed by atoms with Crippen molar-refractivity contribution in [2.24, 2.45) is 0 Å². The van der Waals surface area contributed by atoms with Crippen LogP contribution in [0.1, 0.15) is 5.69 Å². The molecule has 0 bridgehead atoms. The van der Waals surface area contributed by atoms with E-state index in [4.69, 9.17) is 9.84 Å². The summed E-state index contributed by atoms with van der Waals surface area (Å²) in [7, 11) is 0. The standard InChI is InChI=1S/C10H12F3N3O3/c11-10(12,13)8-5-15(6-14-8)3-7-4-16(9(17)18)1-2-19-7/h5-7H,1-4H2,(H,17,18)/t7-/m1/s1. The molecule has 1 atom stereocenters. The maximum atomic E-state index is 12.4. The number of aromatic nitrogens is 2. The third-order valence-corrected chi connectivity index (χ3v) is 2.75. The van der Waals surface area contributed by atoms with Crippen LogP contribution in [0.3, 0.4) is 0 Å². The van der Waals surface area contributed by atoms with Gasteiger partial charge in [0, 0.05) is 12.7 Å². The molecule has 1 N–H and O–H groups in total. The van der Waals surface area contributed by atoms with E-state index >= 15 is 0 Å².